The molecule has 2 aromatic carbocycles. The number of halogens is 3. The first-order chi connectivity index (χ1) is 14.1. The molecule has 1 aromatic heterocycles. The van der Waals surface area contributed by atoms with Crippen LogP contribution in [0.2, 0.25) is 10.0 Å². The summed E-state index contributed by atoms with van der Waals surface area (Å²) in [6, 6.07) is 13.4. The van der Waals surface area contributed by atoms with E-state index in [2.05, 4.69) is 26.2 Å². The smallest absolute Gasteiger partial charge is 0.175 e. The minimum atomic E-state index is 0.314. The number of hydrogen-bond acceptors (Lipinski definition) is 4. The Labute approximate surface area is 189 Å². The Bertz CT molecular complexity index is 955. The van der Waals surface area contributed by atoms with Crippen molar-refractivity contribution in [2.75, 3.05) is 6.61 Å². The number of benzene rings is 2. The summed E-state index contributed by atoms with van der Waals surface area (Å²) in [4.78, 5) is 4.03. The molecule has 7 heteroatoms. The van der Waals surface area contributed by atoms with E-state index in [9.17, 15) is 0 Å². The van der Waals surface area contributed by atoms with E-state index in [-0.39, 0.29) is 0 Å². The maximum Gasteiger partial charge on any atom is 0.175 e. The number of aromatic nitrogens is 1. The second-order valence-electron chi connectivity index (χ2n) is 6.32. The van der Waals surface area contributed by atoms with Crippen LogP contribution in [0.1, 0.15) is 23.6 Å². The van der Waals surface area contributed by atoms with Crippen molar-refractivity contribution in [1.82, 2.24) is 10.3 Å². The molecule has 0 bridgehead atoms. The molecule has 4 nitrogen and oxygen atoms in total. The van der Waals surface area contributed by atoms with E-state index in [1.54, 1.807) is 24.5 Å². The van der Waals surface area contributed by atoms with Crippen molar-refractivity contribution in [3.8, 4) is 11.5 Å². The minimum Gasteiger partial charge on any atom is -0.490 e. The van der Waals surface area contributed by atoms with Gasteiger partial charge >= 0.3 is 0 Å². The van der Waals surface area contributed by atoms with Crippen molar-refractivity contribution < 1.29 is 9.47 Å². The molecule has 0 fully saturated rings. The third-order valence-electron chi connectivity index (χ3n) is 4.16. The first-order valence-electron chi connectivity index (χ1n) is 9.18. The van der Waals surface area contributed by atoms with E-state index in [1.807, 2.05) is 37.3 Å². The van der Waals surface area contributed by atoms with Crippen LogP contribution in [0.15, 0.2) is 59.3 Å². The molecule has 3 aromatic rings. The third kappa shape index (κ3) is 6.34. The highest BCUT2D eigenvalue weighted by Gasteiger charge is 2.13. The lowest BCUT2D eigenvalue weighted by Gasteiger charge is -2.16. The monoisotopic (exact) mass is 494 g/mol. The fourth-order valence-electron chi connectivity index (χ4n) is 2.77. The Kier molecular flexibility index (Phi) is 8.19. The lowest BCUT2D eigenvalue weighted by Crippen LogP contribution is -2.13. The molecule has 0 saturated heterocycles. The minimum absolute atomic E-state index is 0.314. The summed E-state index contributed by atoms with van der Waals surface area (Å²) in [6.07, 6.45) is 3.58. The summed E-state index contributed by atoms with van der Waals surface area (Å²) in [5.41, 5.74) is 3.13. The van der Waals surface area contributed by atoms with E-state index in [0.29, 0.717) is 41.3 Å². The van der Waals surface area contributed by atoms with Crippen molar-refractivity contribution in [3.63, 3.8) is 0 Å². The number of hydrogen-bond donors (Lipinski definition) is 1. The number of ether oxygens (including phenoxy) is 2. The summed E-state index contributed by atoms with van der Waals surface area (Å²) < 4.78 is 12.7. The molecular formula is C22H21BrCl2N2O2. The topological polar surface area (TPSA) is 43.4 Å². The zero-order chi connectivity index (χ0) is 20.6. The van der Waals surface area contributed by atoms with E-state index in [4.69, 9.17) is 32.7 Å². The van der Waals surface area contributed by atoms with E-state index in [1.165, 1.54) is 5.56 Å². The van der Waals surface area contributed by atoms with Gasteiger partial charge in [0.05, 0.1) is 11.1 Å². The maximum absolute atomic E-state index is 6.25. The van der Waals surface area contributed by atoms with Gasteiger partial charge in [-0.15, -0.1) is 0 Å². The number of nitrogens with zero attached hydrogens (tertiary/aromatic N) is 1. The molecule has 0 radical (unpaired) electrons. The second-order valence-corrected chi connectivity index (χ2v) is 8.02. The first kappa shape index (κ1) is 21.9. The normalized spacial score (nSPS) is 10.8. The zero-order valence-electron chi connectivity index (χ0n) is 15.9. The summed E-state index contributed by atoms with van der Waals surface area (Å²) >= 11 is 15.8. The largest absolute Gasteiger partial charge is 0.490 e. The van der Waals surface area contributed by atoms with Gasteiger partial charge < -0.3 is 14.8 Å². The van der Waals surface area contributed by atoms with Crippen molar-refractivity contribution >= 4 is 39.1 Å². The van der Waals surface area contributed by atoms with Gasteiger partial charge in [-0.2, -0.15) is 0 Å². The van der Waals surface area contributed by atoms with Crippen LogP contribution in [0.5, 0.6) is 11.5 Å². The van der Waals surface area contributed by atoms with Crippen LogP contribution in [0.4, 0.5) is 0 Å². The standard InChI is InChI=1S/C22H21BrCl2N2O2/c1-2-28-21-10-16(13-27-12-15-5-7-26-8-6-15)9-19(23)22(21)29-14-17-3-4-18(24)11-20(17)25/h3-11,27H,2,12-14H2,1H3. The lowest BCUT2D eigenvalue weighted by atomic mass is 10.2. The van der Waals surface area contributed by atoms with Gasteiger partial charge in [-0.3, -0.25) is 4.98 Å². The van der Waals surface area contributed by atoms with Crippen molar-refractivity contribution in [2.45, 2.75) is 26.6 Å². The molecule has 1 N–H and O–H groups in total. The van der Waals surface area contributed by atoms with Crippen LogP contribution >= 0.6 is 39.1 Å². The van der Waals surface area contributed by atoms with Gasteiger partial charge in [-0.25, -0.2) is 0 Å². The van der Waals surface area contributed by atoms with Crippen LogP contribution in [0, 0.1) is 0 Å². The fourth-order valence-corrected chi connectivity index (χ4v) is 3.83. The van der Waals surface area contributed by atoms with Crippen molar-refractivity contribution in [2.24, 2.45) is 0 Å². The molecule has 0 aliphatic heterocycles. The SMILES string of the molecule is CCOc1cc(CNCc2ccncc2)cc(Br)c1OCc1ccc(Cl)cc1Cl. The summed E-state index contributed by atoms with van der Waals surface area (Å²) in [5.74, 6) is 1.34. The Hall–Kier alpha value is -1.79. The Balaban J connectivity index is 1.70. The average molecular weight is 496 g/mol. The molecule has 0 aliphatic rings. The molecule has 0 aliphatic carbocycles. The molecule has 0 amide bonds. The van der Waals surface area contributed by atoms with E-state index >= 15 is 0 Å². The van der Waals surface area contributed by atoms with Gasteiger partial charge in [0.1, 0.15) is 6.61 Å². The zero-order valence-corrected chi connectivity index (χ0v) is 19.0. The second kappa shape index (κ2) is 10.8. The Morgan fingerprint density at radius 3 is 2.45 bits per heavy atom. The van der Waals surface area contributed by atoms with Crippen molar-refractivity contribution in [1.29, 1.82) is 0 Å². The predicted molar refractivity (Wildman–Crippen MR) is 121 cm³/mol. The molecule has 3 rings (SSSR count). The highest BCUT2D eigenvalue weighted by Crippen LogP contribution is 2.38. The van der Waals surface area contributed by atoms with Gasteiger partial charge in [-0.1, -0.05) is 29.3 Å². The fraction of sp³-hybridized carbons (Fsp3) is 0.227. The van der Waals surface area contributed by atoms with Crippen molar-refractivity contribution in [3.05, 3.63) is 86.1 Å². The molecule has 0 atom stereocenters. The maximum atomic E-state index is 6.25. The Morgan fingerprint density at radius 2 is 1.72 bits per heavy atom. The van der Waals surface area contributed by atoms with E-state index < -0.39 is 0 Å². The number of rotatable bonds is 9. The number of pyridine rings is 1. The quantitative estimate of drug-likeness (QED) is 0.372. The van der Waals surface area contributed by atoms with Gasteiger partial charge in [0.25, 0.3) is 0 Å². The van der Waals surface area contributed by atoms with Gasteiger partial charge in [0.2, 0.25) is 0 Å². The average Bonchev–Trinajstić information content (AvgIpc) is 2.70. The third-order valence-corrected chi connectivity index (χ3v) is 5.34. The molecular weight excluding hydrogens is 475 g/mol. The predicted octanol–water partition coefficient (Wildman–Crippen LogP) is 6.42. The van der Waals surface area contributed by atoms with Crippen LogP contribution in [0.25, 0.3) is 0 Å². The van der Waals surface area contributed by atoms with Crippen LogP contribution in [-0.4, -0.2) is 11.6 Å². The highest BCUT2D eigenvalue weighted by molar-refractivity contribution is 9.10. The van der Waals surface area contributed by atoms with Gasteiger partial charge in [0.15, 0.2) is 11.5 Å². The lowest BCUT2D eigenvalue weighted by molar-refractivity contribution is 0.267. The molecule has 152 valence electrons. The van der Waals surface area contributed by atoms with Crippen LogP contribution < -0.4 is 14.8 Å². The summed E-state index contributed by atoms with van der Waals surface area (Å²) in [7, 11) is 0. The first-order valence-corrected chi connectivity index (χ1v) is 10.7. The molecule has 0 saturated carbocycles. The van der Waals surface area contributed by atoms with Gasteiger partial charge in [0, 0.05) is 41.1 Å². The van der Waals surface area contributed by atoms with Gasteiger partial charge in [-0.05, 0) is 70.4 Å². The molecule has 0 spiro atoms. The number of nitrogens with one attached hydrogen (secondary N) is 1. The highest BCUT2D eigenvalue weighted by atomic mass is 79.9. The molecule has 1 heterocycles. The Morgan fingerprint density at radius 1 is 0.966 bits per heavy atom. The van der Waals surface area contributed by atoms with E-state index in [0.717, 1.165) is 22.1 Å². The molecule has 0 unspecified atom stereocenters. The van der Waals surface area contributed by atoms with Crippen LogP contribution in [0.3, 0.4) is 0 Å². The molecule has 29 heavy (non-hydrogen) atoms. The summed E-state index contributed by atoms with van der Waals surface area (Å²) in [5, 5.41) is 4.60. The summed E-state index contributed by atoms with van der Waals surface area (Å²) in [6.45, 7) is 4.26. The van der Waals surface area contributed by atoms with Crippen LogP contribution in [-0.2, 0) is 19.7 Å².